The molecule has 3 nitrogen and oxygen atoms in total. The fourth-order valence-corrected chi connectivity index (χ4v) is 2.58. The number of aromatic nitrogens is 2. The molecule has 1 aliphatic carbocycles. The zero-order chi connectivity index (χ0) is 11.8. The maximum Gasteiger partial charge on any atom is 0.145 e. The van der Waals surface area contributed by atoms with Gasteiger partial charge in [-0.25, -0.2) is 4.98 Å². The summed E-state index contributed by atoms with van der Waals surface area (Å²) >= 11 is 0. The van der Waals surface area contributed by atoms with Gasteiger partial charge in [-0.15, -0.1) is 0 Å². The molecule has 88 valence electrons. The molecule has 0 unspecified atom stereocenters. The number of imidazole rings is 1. The van der Waals surface area contributed by atoms with Crippen molar-refractivity contribution in [1.82, 2.24) is 9.71 Å². The van der Waals surface area contributed by atoms with E-state index in [0.29, 0.717) is 0 Å². The summed E-state index contributed by atoms with van der Waals surface area (Å²) in [4.78, 5) is 4.58. The summed E-state index contributed by atoms with van der Waals surface area (Å²) in [7, 11) is 0. The van der Waals surface area contributed by atoms with E-state index in [2.05, 4.69) is 23.2 Å². The molecule has 3 rings (SSSR count). The van der Waals surface area contributed by atoms with Crippen molar-refractivity contribution < 1.29 is 5.21 Å². The van der Waals surface area contributed by atoms with Gasteiger partial charge in [-0.05, 0) is 24.8 Å². The van der Waals surface area contributed by atoms with Gasteiger partial charge in [0, 0.05) is 12.0 Å². The van der Waals surface area contributed by atoms with Gasteiger partial charge in [-0.1, -0.05) is 31.2 Å². The van der Waals surface area contributed by atoms with Crippen LogP contribution in [0.15, 0.2) is 24.3 Å². The van der Waals surface area contributed by atoms with Crippen molar-refractivity contribution in [1.29, 1.82) is 0 Å². The molecule has 1 N–H and O–H groups in total. The van der Waals surface area contributed by atoms with E-state index in [9.17, 15) is 5.21 Å². The minimum atomic E-state index is 0.756. The first-order valence-electron chi connectivity index (χ1n) is 6.19. The predicted octanol–water partition coefficient (Wildman–Crippen LogP) is 2.84. The Labute approximate surface area is 101 Å². The van der Waals surface area contributed by atoms with E-state index in [4.69, 9.17) is 0 Å². The Morgan fingerprint density at radius 1 is 1.29 bits per heavy atom. The van der Waals surface area contributed by atoms with Crippen LogP contribution in [0.3, 0.4) is 0 Å². The van der Waals surface area contributed by atoms with E-state index in [0.717, 1.165) is 42.9 Å². The number of fused-ring (bicyclic) bond motifs is 3. The Hall–Kier alpha value is -1.77. The van der Waals surface area contributed by atoms with E-state index in [1.54, 1.807) is 0 Å². The van der Waals surface area contributed by atoms with Crippen molar-refractivity contribution in [3.63, 3.8) is 0 Å². The quantitative estimate of drug-likeness (QED) is 0.762. The van der Waals surface area contributed by atoms with Gasteiger partial charge in [0.1, 0.15) is 5.82 Å². The molecule has 1 aromatic carbocycles. The normalized spacial score (nSPS) is 13.9. The van der Waals surface area contributed by atoms with Gasteiger partial charge in [0.2, 0.25) is 0 Å². The molecule has 0 atom stereocenters. The highest BCUT2D eigenvalue weighted by molar-refractivity contribution is 5.67. The van der Waals surface area contributed by atoms with E-state index < -0.39 is 0 Å². The molecule has 0 fully saturated rings. The molecule has 0 aliphatic heterocycles. The average molecular weight is 228 g/mol. The molecule has 3 heteroatoms. The minimum absolute atomic E-state index is 0.756. The second-order valence-electron chi connectivity index (χ2n) is 4.50. The molecule has 1 aromatic heterocycles. The van der Waals surface area contributed by atoms with Gasteiger partial charge in [0.05, 0.1) is 11.4 Å². The molecular weight excluding hydrogens is 212 g/mol. The molecule has 0 bridgehead atoms. The smallest absolute Gasteiger partial charge is 0.145 e. The average Bonchev–Trinajstić information content (AvgIpc) is 2.57. The van der Waals surface area contributed by atoms with Crippen LogP contribution >= 0.6 is 0 Å². The molecule has 0 saturated heterocycles. The first kappa shape index (κ1) is 10.4. The van der Waals surface area contributed by atoms with Crippen molar-refractivity contribution >= 4 is 0 Å². The van der Waals surface area contributed by atoms with Gasteiger partial charge >= 0.3 is 0 Å². The van der Waals surface area contributed by atoms with Gasteiger partial charge in [-0.3, -0.25) is 0 Å². The Morgan fingerprint density at radius 2 is 2.12 bits per heavy atom. The second-order valence-corrected chi connectivity index (χ2v) is 4.50. The van der Waals surface area contributed by atoms with Crippen LogP contribution in [0.1, 0.15) is 30.4 Å². The van der Waals surface area contributed by atoms with Crippen LogP contribution in [-0.4, -0.2) is 14.9 Å². The monoisotopic (exact) mass is 228 g/mol. The van der Waals surface area contributed by atoms with Crippen LogP contribution in [0, 0.1) is 0 Å². The molecule has 0 saturated carbocycles. The largest absolute Gasteiger partial charge is 0.427 e. The predicted molar refractivity (Wildman–Crippen MR) is 66.3 cm³/mol. The zero-order valence-electron chi connectivity index (χ0n) is 9.98. The van der Waals surface area contributed by atoms with Crippen LogP contribution in [0.25, 0.3) is 11.3 Å². The summed E-state index contributed by atoms with van der Waals surface area (Å²) in [5.41, 5.74) is 4.46. The highest BCUT2D eigenvalue weighted by atomic mass is 16.5. The van der Waals surface area contributed by atoms with Crippen LogP contribution in [0.2, 0.25) is 0 Å². The van der Waals surface area contributed by atoms with Crippen LogP contribution in [-0.2, 0) is 19.3 Å². The van der Waals surface area contributed by atoms with Crippen molar-refractivity contribution in [2.45, 2.75) is 32.6 Å². The summed E-state index contributed by atoms with van der Waals surface area (Å²) in [5, 5.41) is 10.1. The van der Waals surface area contributed by atoms with Gasteiger partial charge in [0.25, 0.3) is 0 Å². The van der Waals surface area contributed by atoms with Crippen LogP contribution in [0.5, 0.6) is 0 Å². The maximum atomic E-state index is 10.1. The van der Waals surface area contributed by atoms with E-state index in [1.165, 1.54) is 15.9 Å². The molecule has 0 amide bonds. The summed E-state index contributed by atoms with van der Waals surface area (Å²) in [6, 6.07) is 8.37. The summed E-state index contributed by atoms with van der Waals surface area (Å²) < 4.78 is 1.29. The highest BCUT2D eigenvalue weighted by Crippen LogP contribution is 2.31. The third-order valence-corrected chi connectivity index (χ3v) is 3.46. The topological polar surface area (TPSA) is 38.0 Å². The standard InChI is InChI=1S/C14H16N2O/c1-2-13-15-14-11-8-4-3-6-10(11)7-5-9-12(14)16(13)17/h3-4,6,8,17H,2,5,7,9H2,1H3. The number of hydrogen-bond acceptors (Lipinski definition) is 2. The summed E-state index contributed by atoms with van der Waals surface area (Å²) in [6.45, 7) is 2.01. The van der Waals surface area contributed by atoms with Crippen LogP contribution < -0.4 is 0 Å². The third kappa shape index (κ3) is 1.54. The van der Waals surface area contributed by atoms with E-state index >= 15 is 0 Å². The van der Waals surface area contributed by atoms with Gasteiger partial charge in [-0.2, -0.15) is 4.73 Å². The highest BCUT2D eigenvalue weighted by Gasteiger charge is 2.21. The fourth-order valence-electron chi connectivity index (χ4n) is 2.58. The molecule has 0 radical (unpaired) electrons. The number of hydrogen-bond donors (Lipinski definition) is 1. The lowest BCUT2D eigenvalue weighted by Crippen LogP contribution is -2.02. The minimum Gasteiger partial charge on any atom is -0.427 e. The second kappa shape index (κ2) is 3.91. The molecule has 1 aliphatic rings. The Bertz CT molecular complexity index is 557. The van der Waals surface area contributed by atoms with Gasteiger partial charge < -0.3 is 5.21 Å². The Balaban J connectivity index is 2.25. The van der Waals surface area contributed by atoms with Crippen molar-refractivity contribution in [2.24, 2.45) is 0 Å². The van der Waals surface area contributed by atoms with E-state index in [-0.39, 0.29) is 0 Å². The summed E-state index contributed by atoms with van der Waals surface area (Å²) in [6.07, 6.45) is 3.78. The lowest BCUT2D eigenvalue weighted by molar-refractivity contribution is 0.167. The zero-order valence-corrected chi connectivity index (χ0v) is 9.98. The van der Waals surface area contributed by atoms with Crippen molar-refractivity contribution in [3.05, 3.63) is 41.3 Å². The molecular formula is C14H16N2O. The number of rotatable bonds is 1. The summed E-state index contributed by atoms with van der Waals surface area (Å²) in [5.74, 6) is 0.756. The lowest BCUT2D eigenvalue weighted by Gasteiger charge is -2.03. The SMILES string of the molecule is CCc1nc2c(n1O)CCCc1ccccc1-2. The number of aryl methyl sites for hydroxylation is 2. The van der Waals surface area contributed by atoms with Crippen molar-refractivity contribution in [3.8, 4) is 11.3 Å². The maximum absolute atomic E-state index is 10.1. The molecule has 0 spiro atoms. The first-order chi connectivity index (χ1) is 8.31. The molecule has 17 heavy (non-hydrogen) atoms. The lowest BCUT2D eigenvalue weighted by atomic mass is 10.0. The third-order valence-electron chi connectivity index (χ3n) is 3.46. The van der Waals surface area contributed by atoms with E-state index in [1.807, 2.05) is 13.0 Å². The number of nitrogens with zero attached hydrogens (tertiary/aromatic N) is 2. The number of benzene rings is 1. The fraction of sp³-hybridized carbons (Fsp3) is 0.357. The first-order valence-corrected chi connectivity index (χ1v) is 6.19. The van der Waals surface area contributed by atoms with Gasteiger partial charge in [0.15, 0.2) is 0 Å². The Kier molecular flexibility index (Phi) is 2.39. The molecule has 1 heterocycles. The molecule has 2 aromatic rings. The van der Waals surface area contributed by atoms with Crippen molar-refractivity contribution in [2.75, 3.05) is 0 Å². The Morgan fingerprint density at radius 3 is 2.94 bits per heavy atom. The van der Waals surface area contributed by atoms with Crippen LogP contribution in [0.4, 0.5) is 0 Å².